The van der Waals surface area contributed by atoms with E-state index in [0.717, 1.165) is 17.4 Å². The molecule has 0 nitrogen and oxygen atoms in total. The van der Waals surface area contributed by atoms with Gasteiger partial charge < -0.3 is 0 Å². The summed E-state index contributed by atoms with van der Waals surface area (Å²) in [6, 6.07) is 10.5. The monoisotopic (exact) mass is 368 g/mol. The molecule has 27 heavy (non-hydrogen) atoms. The van der Waals surface area contributed by atoms with Crippen molar-refractivity contribution in [1.82, 2.24) is 0 Å². The van der Waals surface area contributed by atoms with Gasteiger partial charge in [-0.05, 0) is 79.2 Å². The second-order valence-corrected chi connectivity index (χ2v) is 8.71. The van der Waals surface area contributed by atoms with Crippen LogP contribution in [0, 0.1) is 30.4 Å². The number of halogens is 2. The molecule has 0 heterocycles. The SMILES string of the molecule is Cc1ccc(-c2ccc(C3CCC(C4CCCCC4)CC3)cc2F)cc1F. The van der Waals surface area contributed by atoms with Crippen LogP contribution in [0.1, 0.15) is 74.8 Å². The molecule has 0 amide bonds. The summed E-state index contributed by atoms with van der Waals surface area (Å²) in [6.45, 7) is 1.72. The van der Waals surface area contributed by atoms with E-state index in [1.54, 1.807) is 25.1 Å². The molecule has 0 unspecified atom stereocenters. The Morgan fingerprint density at radius 2 is 1.41 bits per heavy atom. The highest BCUT2D eigenvalue weighted by Gasteiger charge is 2.29. The first-order chi connectivity index (χ1) is 13.1. The van der Waals surface area contributed by atoms with Gasteiger partial charge in [0, 0.05) is 5.56 Å². The molecule has 2 aliphatic rings. The van der Waals surface area contributed by atoms with Crippen LogP contribution in [0.4, 0.5) is 8.78 Å². The Hall–Kier alpha value is -1.70. The van der Waals surface area contributed by atoms with Crippen molar-refractivity contribution in [2.45, 2.75) is 70.6 Å². The maximum absolute atomic E-state index is 14.8. The zero-order valence-corrected chi connectivity index (χ0v) is 16.3. The van der Waals surface area contributed by atoms with Crippen molar-refractivity contribution in [2.75, 3.05) is 0 Å². The summed E-state index contributed by atoms with van der Waals surface area (Å²) in [5.74, 6) is 1.79. The molecule has 2 heteroatoms. The maximum atomic E-state index is 14.8. The lowest BCUT2D eigenvalue weighted by Crippen LogP contribution is -2.23. The minimum absolute atomic E-state index is 0.231. The fraction of sp³-hybridized carbons (Fsp3) is 0.520. The molecule has 0 radical (unpaired) electrons. The van der Waals surface area contributed by atoms with E-state index < -0.39 is 0 Å². The van der Waals surface area contributed by atoms with Crippen LogP contribution in [0.25, 0.3) is 11.1 Å². The summed E-state index contributed by atoms with van der Waals surface area (Å²) < 4.78 is 28.6. The molecule has 0 aromatic heterocycles. The predicted octanol–water partition coefficient (Wildman–Crippen LogP) is 7.79. The minimum Gasteiger partial charge on any atom is -0.207 e. The van der Waals surface area contributed by atoms with Crippen molar-refractivity contribution in [3.05, 3.63) is 59.2 Å². The summed E-state index contributed by atoms with van der Waals surface area (Å²) in [5.41, 5.74) is 2.81. The molecule has 0 saturated heterocycles. The molecule has 0 N–H and O–H groups in total. The van der Waals surface area contributed by atoms with Crippen LogP contribution in [0.3, 0.4) is 0 Å². The van der Waals surface area contributed by atoms with Crippen LogP contribution in [0.15, 0.2) is 36.4 Å². The Bertz CT molecular complexity index is 781. The highest BCUT2D eigenvalue weighted by molar-refractivity contribution is 5.65. The number of rotatable bonds is 3. The van der Waals surface area contributed by atoms with Gasteiger partial charge in [0.2, 0.25) is 0 Å². The van der Waals surface area contributed by atoms with Crippen molar-refractivity contribution in [3.63, 3.8) is 0 Å². The summed E-state index contributed by atoms with van der Waals surface area (Å²) in [5, 5.41) is 0. The van der Waals surface area contributed by atoms with E-state index in [1.165, 1.54) is 63.9 Å². The minimum atomic E-state index is -0.281. The zero-order valence-electron chi connectivity index (χ0n) is 16.3. The summed E-state index contributed by atoms with van der Waals surface area (Å²) in [7, 11) is 0. The van der Waals surface area contributed by atoms with E-state index in [4.69, 9.17) is 0 Å². The van der Waals surface area contributed by atoms with Gasteiger partial charge >= 0.3 is 0 Å². The number of aryl methyl sites for hydroxylation is 1. The van der Waals surface area contributed by atoms with Gasteiger partial charge in [0.25, 0.3) is 0 Å². The molecule has 0 bridgehead atoms. The van der Waals surface area contributed by atoms with Gasteiger partial charge in [-0.3, -0.25) is 0 Å². The molecule has 0 spiro atoms. The molecule has 2 aliphatic carbocycles. The molecule has 2 saturated carbocycles. The maximum Gasteiger partial charge on any atom is 0.131 e. The van der Waals surface area contributed by atoms with E-state index in [9.17, 15) is 8.78 Å². The average Bonchev–Trinajstić information content (AvgIpc) is 2.71. The Labute approximate surface area is 162 Å². The number of hydrogen-bond donors (Lipinski definition) is 0. The molecule has 2 aromatic carbocycles. The van der Waals surface area contributed by atoms with E-state index in [2.05, 4.69) is 6.07 Å². The molecule has 0 atom stereocenters. The van der Waals surface area contributed by atoms with Gasteiger partial charge in [-0.1, -0.05) is 56.4 Å². The fourth-order valence-electron chi connectivity index (χ4n) is 5.31. The quantitative estimate of drug-likeness (QED) is 0.518. The third kappa shape index (κ3) is 4.10. The second-order valence-electron chi connectivity index (χ2n) is 8.71. The van der Waals surface area contributed by atoms with E-state index in [-0.39, 0.29) is 11.6 Å². The van der Waals surface area contributed by atoms with Crippen LogP contribution < -0.4 is 0 Å². The highest BCUT2D eigenvalue weighted by atomic mass is 19.1. The van der Waals surface area contributed by atoms with E-state index >= 15 is 0 Å². The second kappa shape index (κ2) is 8.12. The van der Waals surface area contributed by atoms with E-state index in [0.29, 0.717) is 22.6 Å². The van der Waals surface area contributed by atoms with E-state index in [1.807, 2.05) is 6.07 Å². The van der Waals surface area contributed by atoms with Crippen LogP contribution in [0.5, 0.6) is 0 Å². The van der Waals surface area contributed by atoms with Crippen LogP contribution >= 0.6 is 0 Å². The normalized spacial score (nSPS) is 24.1. The van der Waals surface area contributed by atoms with Crippen LogP contribution in [-0.4, -0.2) is 0 Å². The van der Waals surface area contributed by atoms with Crippen molar-refractivity contribution >= 4 is 0 Å². The zero-order chi connectivity index (χ0) is 18.8. The predicted molar refractivity (Wildman–Crippen MR) is 108 cm³/mol. The van der Waals surface area contributed by atoms with Crippen molar-refractivity contribution in [3.8, 4) is 11.1 Å². The Morgan fingerprint density at radius 3 is 2.07 bits per heavy atom. The smallest absolute Gasteiger partial charge is 0.131 e. The summed E-state index contributed by atoms with van der Waals surface area (Å²) in [6.07, 6.45) is 12.0. The van der Waals surface area contributed by atoms with Gasteiger partial charge in [0.1, 0.15) is 11.6 Å². The standard InChI is InChI=1S/C25H30F2/c1-17-7-8-22(16-24(17)26)23-14-13-21(15-25(23)27)20-11-9-19(10-12-20)18-5-3-2-4-6-18/h7-8,13-16,18-20H,2-6,9-12H2,1H3. The van der Waals surface area contributed by atoms with Gasteiger partial charge in [0.15, 0.2) is 0 Å². The fourth-order valence-corrected chi connectivity index (χ4v) is 5.31. The van der Waals surface area contributed by atoms with Crippen LogP contribution in [-0.2, 0) is 0 Å². The molecule has 144 valence electrons. The summed E-state index contributed by atoms with van der Waals surface area (Å²) in [4.78, 5) is 0. The van der Waals surface area contributed by atoms with Gasteiger partial charge in [-0.2, -0.15) is 0 Å². The number of hydrogen-bond acceptors (Lipinski definition) is 0. The third-order valence-electron chi connectivity index (χ3n) is 7.04. The van der Waals surface area contributed by atoms with Crippen molar-refractivity contribution in [2.24, 2.45) is 11.8 Å². The molecule has 2 aromatic rings. The van der Waals surface area contributed by atoms with Gasteiger partial charge in [-0.15, -0.1) is 0 Å². The largest absolute Gasteiger partial charge is 0.207 e. The average molecular weight is 369 g/mol. The Morgan fingerprint density at radius 1 is 0.704 bits per heavy atom. The first-order valence-electron chi connectivity index (χ1n) is 10.7. The lowest BCUT2D eigenvalue weighted by Gasteiger charge is -2.36. The van der Waals surface area contributed by atoms with Crippen molar-refractivity contribution < 1.29 is 8.78 Å². The molecule has 4 rings (SSSR count). The van der Waals surface area contributed by atoms with Gasteiger partial charge in [0.05, 0.1) is 0 Å². The first-order valence-corrected chi connectivity index (χ1v) is 10.7. The van der Waals surface area contributed by atoms with Gasteiger partial charge in [-0.25, -0.2) is 8.78 Å². The third-order valence-corrected chi connectivity index (χ3v) is 7.04. The lowest BCUT2D eigenvalue weighted by atomic mass is 9.70. The van der Waals surface area contributed by atoms with Crippen LogP contribution in [0.2, 0.25) is 0 Å². The lowest BCUT2D eigenvalue weighted by molar-refractivity contribution is 0.186. The Kier molecular flexibility index (Phi) is 5.61. The van der Waals surface area contributed by atoms with Crippen molar-refractivity contribution in [1.29, 1.82) is 0 Å². The summed E-state index contributed by atoms with van der Waals surface area (Å²) >= 11 is 0. The Balaban J connectivity index is 1.44. The molecular formula is C25H30F2. The molecular weight excluding hydrogens is 338 g/mol. The number of benzene rings is 2. The highest BCUT2D eigenvalue weighted by Crippen LogP contribution is 2.43. The molecule has 0 aliphatic heterocycles. The molecule has 2 fully saturated rings. The first kappa shape index (κ1) is 18.7. The topological polar surface area (TPSA) is 0 Å².